The molecule has 0 unspecified atom stereocenters. The molecule has 0 spiro atoms. The average molecular weight is 399 g/mol. The zero-order chi connectivity index (χ0) is 20.8. The monoisotopic (exact) mass is 398 g/mol. The molecule has 152 valence electrons. The van der Waals surface area contributed by atoms with Crippen molar-refractivity contribution in [1.29, 1.82) is 0 Å². The first-order valence-corrected chi connectivity index (χ1v) is 11.8. The van der Waals surface area contributed by atoms with E-state index in [-0.39, 0.29) is 17.6 Å². The van der Waals surface area contributed by atoms with Gasteiger partial charge in [-0.25, -0.2) is 0 Å². The van der Waals surface area contributed by atoms with Crippen LogP contribution in [0.4, 0.5) is 0 Å². The van der Waals surface area contributed by atoms with E-state index in [1.807, 2.05) is 26.0 Å². The van der Waals surface area contributed by atoms with Gasteiger partial charge in [-0.3, -0.25) is 0 Å². The molecule has 0 saturated heterocycles. The van der Waals surface area contributed by atoms with Crippen LogP contribution in [0.25, 0.3) is 0 Å². The summed E-state index contributed by atoms with van der Waals surface area (Å²) in [6, 6.07) is 21.1. The van der Waals surface area contributed by atoms with E-state index in [1.165, 1.54) is 10.4 Å². The quantitative estimate of drug-likeness (QED) is 0.529. The molecule has 28 heavy (non-hydrogen) atoms. The first kappa shape index (κ1) is 22.6. The van der Waals surface area contributed by atoms with Crippen LogP contribution in [0, 0.1) is 5.92 Å². The predicted molar refractivity (Wildman–Crippen MR) is 120 cm³/mol. The van der Waals surface area contributed by atoms with Crippen LogP contribution in [-0.2, 0) is 4.43 Å². The minimum atomic E-state index is -2.57. The highest BCUT2D eigenvalue weighted by molar-refractivity contribution is 6.99. The van der Waals surface area contributed by atoms with Crippen LogP contribution in [0.5, 0.6) is 0 Å². The molecule has 0 aliphatic heterocycles. The van der Waals surface area contributed by atoms with Gasteiger partial charge in [0.05, 0.1) is 12.7 Å². The Hall–Kier alpha value is -1.72. The Morgan fingerprint density at radius 2 is 1.46 bits per heavy atom. The van der Waals surface area contributed by atoms with Gasteiger partial charge < -0.3 is 14.6 Å². The fourth-order valence-corrected chi connectivity index (χ4v) is 8.20. The van der Waals surface area contributed by atoms with Crippen LogP contribution in [0.2, 0.25) is 5.04 Å². The van der Waals surface area contributed by atoms with Crippen molar-refractivity contribution in [3.8, 4) is 0 Å². The van der Waals surface area contributed by atoms with Gasteiger partial charge in [0.2, 0.25) is 0 Å². The number of rotatable bonds is 8. The van der Waals surface area contributed by atoms with E-state index in [4.69, 9.17) is 4.43 Å². The standard InChI is InChI=1S/C24H34O3Si/c1-19(16-23(26)20(2)17-25)18-27-28(24(3,4)5,21-12-8-6-9-13-21)22-14-10-7-11-15-22/h6-16,20,23,25-26H,17-18H2,1-5H3/b19-16+/t20-,23-/m1/s1. The van der Waals surface area contributed by atoms with E-state index in [0.29, 0.717) is 6.61 Å². The highest BCUT2D eigenvalue weighted by Crippen LogP contribution is 2.37. The van der Waals surface area contributed by atoms with Crippen molar-refractivity contribution >= 4 is 18.7 Å². The molecule has 0 heterocycles. The Kier molecular flexibility index (Phi) is 7.78. The van der Waals surface area contributed by atoms with Crippen molar-refractivity contribution in [1.82, 2.24) is 0 Å². The van der Waals surface area contributed by atoms with Gasteiger partial charge in [-0.15, -0.1) is 0 Å². The fourth-order valence-electron chi connectivity index (χ4n) is 3.60. The molecule has 3 nitrogen and oxygen atoms in total. The summed E-state index contributed by atoms with van der Waals surface area (Å²) in [7, 11) is -2.57. The summed E-state index contributed by atoms with van der Waals surface area (Å²) in [6.45, 7) is 11.0. The third kappa shape index (κ3) is 5.00. The molecule has 2 rings (SSSR count). The molecular weight excluding hydrogens is 364 g/mol. The molecule has 0 bridgehead atoms. The molecule has 4 heteroatoms. The topological polar surface area (TPSA) is 49.7 Å². The number of aliphatic hydroxyl groups is 2. The molecule has 0 aliphatic rings. The molecule has 2 atom stereocenters. The van der Waals surface area contributed by atoms with Crippen molar-refractivity contribution in [2.45, 2.75) is 45.8 Å². The Bertz CT molecular complexity index is 711. The lowest BCUT2D eigenvalue weighted by Gasteiger charge is -2.43. The van der Waals surface area contributed by atoms with E-state index >= 15 is 0 Å². The van der Waals surface area contributed by atoms with E-state index in [2.05, 4.69) is 69.3 Å². The van der Waals surface area contributed by atoms with Crippen molar-refractivity contribution in [2.75, 3.05) is 13.2 Å². The van der Waals surface area contributed by atoms with Crippen molar-refractivity contribution in [3.63, 3.8) is 0 Å². The normalized spacial score (nSPS) is 15.3. The number of hydrogen-bond donors (Lipinski definition) is 2. The Morgan fingerprint density at radius 3 is 1.86 bits per heavy atom. The highest BCUT2D eigenvalue weighted by atomic mass is 28.4. The van der Waals surface area contributed by atoms with E-state index in [9.17, 15) is 10.2 Å². The van der Waals surface area contributed by atoms with Gasteiger partial charge >= 0.3 is 0 Å². The van der Waals surface area contributed by atoms with E-state index in [1.54, 1.807) is 6.08 Å². The maximum Gasteiger partial charge on any atom is 0.261 e. The molecule has 0 aromatic heterocycles. The van der Waals surface area contributed by atoms with Crippen molar-refractivity contribution in [2.24, 2.45) is 5.92 Å². The maximum atomic E-state index is 10.2. The lowest BCUT2D eigenvalue weighted by Crippen LogP contribution is -2.66. The zero-order valence-electron chi connectivity index (χ0n) is 17.7. The zero-order valence-corrected chi connectivity index (χ0v) is 18.7. The second-order valence-electron chi connectivity index (χ2n) is 8.62. The minimum absolute atomic E-state index is 0.0412. The van der Waals surface area contributed by atoms with Crippen LogP contribution in [0.3, 0.4) is 0 Å². The molecule has 0 fully saturated rings. The van der Waals surface area contributed by atoms with Gasteiger partial charge in [0.1, 0.15) is 0 Å². The van der Waals surface area contributed by atoms with Crippen LogP contribution in [-0.4, -0.2) is 37.8 Å². The van der Waals surface area contributed by atoms with Gasteiger partial charge in [0.25, 0.3) is 8.32 Å². The minimum Gasteiger partial charge on any atom is -0.403 e. The Morgan fingerprint density at radius 1 is 1.00 bits per heavy atom. The molecule has 0 saturated carbocycles. The molecule has 2 aromatic carbocycles. The Labute approximate surface area is 170 Å². The Balaban J connectivity index is 2.46. The largest absolute Gasteiger partial charge is 0.403 e. The molecule has 0 radical (unpaired) electrons. The molecule has 2 N–H and O–H groups in total. The highest BCUT2D eigenvalue weighted by Gasteiger charge is 2.50. The summed E-state index contributed by atoms with van der Waals surface area (Å²) >= 11 is 0. The van der Waals surface area contributed by atoms with Crippen LogP contribution >= 0.6 is 0 Å². The van der Waals surface area contributed by atoms with Crippen molar-refractivity contribution < 1.29 is 14.6 Å². The summed E-state index contributed by atoms with van der Waals surface area (Å²) in [4.78, 5) is 0. The van der Waals surface area contributed by atoms with Gasteiger partial charge in [0.15, 0.2) is 0 Å². The maximum absolute atomic E-state index is 10.2. The van der Waals surface area contributed by atoms with E-state index < -0.39 is 14.4 Å². The molecule has 0 aliphatic carbocycles. The molecule has 0 amide bonds. The van der Waals surface area contributed by atoms with Crippen molar-refractivity contribution in [3.05, 3.63) is 72.3 Å². The summed E-state index contributed by atoms with van der Waals surface area (Å²) in [5.74, 6) is -0.192. The third-order valence-corrected chi connectivity index (χ3v) is 10.2. The van der Waals surface area contributed by atoms with Gasteiger partial charge in [-0.05, 0) is 22.3 Å². The number of benzene rings is 2. The summed E-state index contributed by atoms with van der Waals surface area (Å²) in [6.07, 6.45) is 1.13. The number of hydrogen-bond acceptors (Lipinski definition) is 3. The van der Waals surface area contributed by atoms with Gasteiger partial charge in [-0.2, -0.15) is 0 Å². The van der Waals surface area contributed by atoms with E-state index in [0.717, 1.165) is 5.57 Å². The smallest absolute Gasteiger partial charge is 0.261 e. The SMILES string of the molecule is C/C(=C\[C@@H](O)[C@H](C)CO)CO[Si](c1ccccc1)(c1ccccc1)C(C)(C)C. The first-order chi connectivity index (χ1) is 13.2. The average Bonchev–Trinajstić information content (AvgIpc) is 2.68. The fraction of sp³-hybridized carbons (Fsp3) is 0.417. The lowest BCUT2D eigenvalue weighted by atomic mass is 10.0. The first-order valence-electron chi connectivity index (χ1n) is 9.93. The third-order valence-electron chi connectivity index (χ3n) is 5.26. The summed E-state index contributed by atoms with van der Waals surface area (Å²) in [5.41, 5.74) is 0.973. The number of aliphatic hydroxyl groups excluding tert-OH is 2. The summed E-state index contributed by atoms with van der Waals surface area (Å²) < 4.78 is 6.84. The second-order valence-corrected chi connectivity index (χ2v) is 12.9. The second kappa shape index (κ2) is 9.66. The predicted octanol–water partition coefficient (Wildman–Crippen LogP) is 3.50. The lowest BCUT2D eigenvalue weighted by molar-refractivity contribution is 0.110. The summed E-state index contributed by atoms with van der Waals surface area (Å²) in [5, 5.41) is 21.9. The van der Waals surface area contributed by atoms with Gasteiger partial charge in [-0.1, -0.05) is 100 Å². The molecular formula is C24H34O3Si. The van der Waals surface area contributed by atoms with Crippen LogP contribution < -0.4 is 10.4 Å². The van der Waals surface area contributed by atoms with Gasteiger partial charge in [0, 0.05) is 12.5 Å². The van der Waals surface area contributed by atoms with Crippen LogP contribution in [0.1, 0.15) is 34.6 Å². The molecule has 2 aromatic rings. The van der Waals surface area contributed by atoms with Crippen LogP contribution in [0.15, 0.2) is 72.3 Å².